The van der Waals surface area contributed by atoms with Crippen LogP contribution in [0, 0.1) is 0 Å². The summed E-state index contributed by atoms with van der Waals surface area (Å²) in [5.41, 5.74) is 10.7. The molecule has 2 heterocycles. The average molecular weight is 254 g/mol. The molecular weight excluding hydrogens is 236 g/mol. The van der Waals surface area contributed by atoms with Gasteiger partial charge in [-0.1, -0.05) is 19.9 Å². The predicted octanol–water partition coefficient (Wildman–Crippen LogP) is 2.66. The molecule has 1 unspecified atom stereocenters. The van der Waals surface area contributed by atoms with Crippen LogP contribution in [0.3, 0.4) is 0 Å². The molecule has 2 aromatic heterocycles. The van der Waals surface area contributed by atoms with Crippen LogP contribution in [0.25, 0.3) is 0 Å². The molecule has 0 radical (unpaired) electrons. The van der Waals surface area contributed by atoms with Crippen LogP contribution in [0.1, 0.15) is 54.6 Å². The van der Waals surface area contributed by atoms with E-state index in [1.807, 2.05) is 12.3 Å². The van der Waals surface area contributed by atoms with E-state index in [9.17, 15) is 0 Å². The van der Waals surface area contributed by atoms with Crippen molar-refractivity contribution in [3.8, 4) is 0 Å². The van der Waals surface area contributed by atoms with Crippen molar-refractivity contribution < 1.29 is 0 Å². The van der Waals surface area contributed by atoms with Crippen LogP contribution >= 0.6 is 0 Å². The van der Waals surface area contributed by atoms with Crippen LogP contribution in [0.15, 0.2) is 24.7 Å². The zero-order valence-corrected chi connectivity index (χ0v) is 11.3. The molecule has 2 N–H and O–H groups in total. The number of nitrogens with zero attached hydrogens (tertiary/aromatic N) is 3. The molecular formula is C15H18N4. The molecule has 4 heteroatoms. The van der Waals surface area contributed by atoms with Crippen molar-refractivity contribution in [2.45, 2.75) is 38.5 Å². The average Bonchev–Trinajstić information content (AvgIpc) is 2.81. The summed E-state index contributed by atoms with van der Waals surface area (Å²) < 4.78 is 0. The third kappa shape index (κ3) is 1.97. The Morgan fingerprint density at radius 3 is 2.84 bits per heavy atom. The van der Waals surface area contributed by atoms with Gasteiger partial charge in [-0.05, 0) is 30.4 Å². The number of fused-ring (bicyclic) bond motifs is 1. The zero-order chi connectivity index (χ0) is 13.4. The fourth-order valence-corrected chi connectivity index (χ4v) is 2.97. The van der Waals surface area contributed by atoms with Crippen molar-refractivity contribution in [3.63, 3.8) is 0 Å². The lowest BCUT2D eigenvalue weighted by Crippen LogP contribution is -2.11. The first-order valence-corrected chi connectivity index (χ1v) is 6.72. The fourth-order valence-electron chi connectivity index (χ4n) is 2.97. The number of aryl methyl sites for hydroxylation is 1. The number of aromatic nitrogens is 3. The SMILES string of the molecule is CC(C)c1c(N)ncnc1C1CCc2cccnc21. The minimum absolute atomic E-state index is 0.263. The Hall–Kier alpha value is -1.97. The lowest BCUT2D eigenvalue weighted by molar-refractivity contribution is 0.709. The van der Waals surface area contributed by atoms with Gasteiger partial charge in [0.2, 0.25) is 0 Å². The quantitative estimate of drug-likeness (QED) is 0.894. The molecule has 1 aliphatic carbocycles. The summed E-state index contributed by atoms with van der Waals surface area (Å²) in [6.07, 6.45) is 5.55. The van der Waals surface area contributed by atoms with Gasteiger partial charge in [0, 0.05) is 17.7 Å². The van der Waals surface area contributed by atoms with Crippen LogP contribution in [0.4, 0.5) is 5.82 Å². The van der Waals surface area contributed by atoms with Gasteiger partial charge in [-0.25, -0.2) is 9.97 Å². The molecule has 0 spiro atoms. The monoisotopic (exact) mass is 254 g/mol. The number of hydrogen-bond acceptors (Lipinski definition) is 4. The molecule has 0 aromatic carbocycles. The first kappa shape index (κ1) is 12.1. The number of nitrogens with two attached hydrogens (primary N) is 1. The molecule has 0 saturated heterocycles. The largest absolute Gasteiger partial charge is 0.383 e. The smallest absolute Gasteiger partial charge is 0.130 e. The van der Waals surface area contributed by atoms with Crippen LogP contribution in [0.2, 0.25) is 0 Å². The van der Waals surface area contributed by atoms with E-state index in [2.05, 4.69) is 34.9 Å². The van der Waals surface area contributed by atoms with Crippen molar-refractivity contribution in [3.05, 3.63) is 47.2 Å². The highest BCUT2D eigenvalue weighted by molar-refractivity contribution is 5.48. The second kappa shape index (κ2) is 4.61. The Bertz CT molecular complexity index is 607. The van der Waals surface area contributed by atoms with Gasteiger partial charge in [-0.15, -0.1) is 0 Å². The van der Waals surface area contributed by atoms with E-state index in [1.54, 1.807) is 6.33 Å². The van der Waals surface area contributed by atoms with E-state index >= 15 is 0 Å². The van der Waals surface area contributed by atoms with Gasteiger partial charge in [-0.2, -0.15) is 0 Å². The van der Waals surface area contributed by atoms with Gasteiger partial charge < -0.3 is 5.73 Å². The second-order valence-electron chi connectivity index (χ2n) is 5.35. The third-order valence-corrected chi connectivity index (χ3v) is 3.81. The maximum Gasteiger partial charge on any atom is 0.130 e. The first-order chi connectivity index (χ1) is 9.18. The molecule has 0 amide bonds. The Morgan fingerprint density at radius 2 is 2.05 bits per heavy atom. The molecule has 98 valence electrons. The summed E-state index contributed by atoms with van der Waals surface area (Å²) in [4.78, 5) is 13.2. The van der Waals surface area contributed by atoms with Gasteiger partial charge in [0.05, 0.1) is 11.4 Å². The lowest BCUT2D eigenvalue weighted by atomic mass is 9.92. The van der Waals surface area contributed by atoms with Crippen LogP contribution in [-0.2, 0) is 6.42 Å². The normalized spacial score (nSPS) is 17.7. The Kier molecular flexibility index (Phi) is 2.93. The van der Waals surface area contributed by atoms with E-state index in [0.29, 0.717) is 11.7 Å². The molecule has 0 bridgehead atoms. The van der Waals surface area contributed by atoms with Crippen molar-refractivity contribution in [2.24, 2.45) is 0 Å². The Labute approximate surface area is 113 Å². The maximum absolute atomic E-state index is 6.04. The van der Waals surface area contributed by atoms with Crippen LogP contribution in [-0.4, -0.2) is 15.0 Å². The van der Waals surface area contributed by atoms with E-state index in [4.69, 9.17) is 5.73 Å². The molecule has 0 saturated carbocycles. The molecule has 1 atom stereocenters. The highest BCUT2D eigenvalue weighted by atomic mass is 14.9. The molecule has 19 heavy (non-hydrogen) atoms. The van der Waals surface area contributed by atoms with Crippen molar-refractivity contribution in [2.75, 3.05) is 5.73 Å². The molecule has 4 nitrogen and oxygen atoms in total. The topological polar surface area (TPSA) is 64.7 Å². The number of pyridine rings is 1. The zero-order valence-electron chi connectivity index (χ0n) is 11.3. The van der Waals surface area contributed by atoms with Gasteiger partial charge in [0.15, 0.2) is 0 Å². The van der Waals surface area contributed by atoms with Crippen LogP contribution in [0.5, 0.6) is 0 Å². The number of anilines is 1. The summed E-state index contributed by atoms with van der Waals surface area (Å²) in [5, 5.41) is 0. The Morgan fingerprint density at radius 1 is 1.21 bits per heavy atom. The third-order valence-electron chi connectivity index (χ3n) is 3.81. The highest BCUT2D eigenvalue weighted by Crippen LogP contribution is 2.39. The van der Waals surface area contributed by atoms with E-state index in [1.165, 1.54) is 5.56 Å². The standard InChI is InChI=1S/C15H18N4/c1-9(2)12-14(18-8-19-15(12)16)11-6-5-10-4-3-7-17-13(10)11/h3-4,7-9,11H,5-6H2,1-2H3,(H2,16,18,19). The summed E-state index contributed by atoms with van der Waals surface area (Å²) in [5.74, 6) is 1.19. The minimum atomic E-state index is 0.263. The lowest BCUT2D eigenvalue weighted by Gasteiger charge is -2.18. The number of rotatable bonds is 2. The van der Waals surface area contributed by atoms with Crippen molar-refractivity contribution >= 4 is 5.82 Å². The molecule has 0 fully saturated rings. The molecule has 1 aliphatic rings. The second-order valence-corrected chi connectivity index (χ2v) is 5.35. The van der Waals surface area contributed by atoms with Gasteiger partial charge in [-0.3, -0.25) is 4.98 Å². The predicted molar refractivity (Wildman–Crippen MR) is 74.9 cm³/mol. The number of hydrogen-bond donors (Lipinski definition) is 1. The van der Waals surface area contributed by atoms with E-state index in [0.717, 1.165) is 29.8 Å². The summed E-state index contributed by atoms with van der Waals surface area (Å²) in [6.45, 7) is 4.26. The van der Waals surface area contributed by atoms with Crippen molar-refractivity contribution in [1.29, 1.82) is 0 Å². The van der Waals surface area contributed by atoms with Crippen LogP contribution < -0.4 is 5.73 Å². The minimum Gasteiger partial charge on any atom is -0.383 e. The molecule has 0 aliphatic heterocycles. The summed E-state index contributed by atoms with van der Waals surface area (Å²) in [7, 11) is 0. The Balaban J connectivity index is 2.12. The first-order valence-electron chi connectivity index (χ1n) is 6.72. The maximum atomic E-state index is 6.04. The van der Waals surface area contributed by atoms with Gasteiger partial charge in [0.25, 0.3) is 0 Å². The molecule has 2 aromatic rings. The highest BCUT2D eigenvalue weighted by Gasteiger charge is 2.29. The van der Waals surface area contributed by atoms with E-state index < -0.39 is 0 Å². The van der Waals surface area contributed by atoms with E-state index in [-0.39, 0.29) is 5.92 Å². The summed E-state index contributed by atoms with van der Waals surface area (Å²) >= 11 is 0. The summed E-state index contributed by atoms with van der Waals surface area (Å²) in [6, 6.07) is 4.15. The van der Waals surface area contributed by atoms with Gasteiger partial charge in [0.1, 0.15) is 12.1 Å². The van der Waals surface area contributed by atoms with Gasteiger partial charge >= 0.3 is 0 Å². The fraction of sp³-hybridized carbons (Fsp3) is 0.400. The number of nitrogen functional groups attached to an aromatic ring is 1. The molecule has 3 rings (SSSR count). The van der Waals surface area contributed by atoms with Crippen molar-refractivity contribution in [1.82, 2.24) is 15.0 Å².